The molecule has 106 valence electrons. The third-order valence-corrected chi connectivity index (χ3v) is 3.44. The molecule has 1 N–H and O–H groups in total. The highest BCUT2D eigenvalue weighted by atomic mass is 16.5. The molecule has 1 saturated heterocycles. The first-order valence-electron chi connectivity index (χ1n) is 7.25. The molecule has 1 aliphatic heterocycles. The summed E-state index contributed by atoms with van der Waals surface area (Å²) in [4.78, 5) is 0. The van der Waals surface area contributed by atoms with Crippen molar-refractivity contribution < 1.29 is 9.47 Å². The molecule has 0 amide bonds. The van der Waals surface area contributed by atoms with Crippen molar-refractivity contribution in [2.75, 3.05) is 19.8 Å². The Morgan fingerprint density at radius 2 is 2.00 bits per heavy atom. The second-order valence-corrected chi connectivity index (χ2v) is 5.40. The smallest absolute Gasteiger partial charge is 0.137 e. The molecule has 0 bridgehead atoms. The van der Waals surface area contributed by atoms with Crippen molar-refractivity contribution in [3.05, 3.63) is 29.3 Å². The molecule has 0 aliphatic carbocycles. The zero-order chi connectivity index (χ0) is 13.7. The normalized spacial score (nSPS) is 23.3. The van der Waals surface area contributed by atoms with Crippen LogP contribution in [0.2, 0.25) is 0 Å². The van der Waals surface area contributed by atoms with Gasteiger partial charge in [-0.3, -0.25) is 0 Å². The molecule has 3 heteroatoms. The van der Waals surface area contributed by atoms with E-state index in [0.29, 0.717) is 12.6 Å². The largest absolute Gasteiger partial charge is 0.486 e. The third kappa shape index (κ3) is 4.22. The Hall–Kier alpha value is -1.06. The van der Waals surface area contributed by atoms with E-state index in [1.54, 1.807) is 0 Å². The Kier molecular flexibility index (Phi) is 5.23. The first-order chi connectivity index (χ1) is 9.19. The molecule has 1 aromatic carbocycles. The number of rotatable bonds is 5. The second-order valence-electron chi connectivity index (χ2n) is 5.40. The van der Waals surface area contributed by atoms with Gasteiger partial charge in [-0.25, -0.2) is 0 Å². The Labute approximate surface area is 116 Å². The molecule has 19 heavy (non-hydrogen) atoms. The molecule has 1 heterocycles. The Morgan fingerprint density at radius 3 is 2.68 bits per heavy atom. The van der Waals surface area contributed by atoms with Gasteiger partial charge in [-0.1, -0.05) is 13.0 Å². The average molecular weight is 263 g/mol. The van der Waals surface area contributed by atoms with E-state index in [-0.39, 0.29) is 6.10 Å². The number of aryl methyl sites for hydroxylation is 2. The lowest BCUT2D eigenvalue weighted by Gasteiger charge is -2.32. The molecule has 0 aromatic heterocycles. The van der Waals surface area contributed by atoms with Crippen LogP contribution in [0.4, 0.5) is 0 Å². The minimum absolute atomic E-state index is 0.112. The SMILES string of the molecule is CCCNC1CCOCC1Oc1cc(C)cc(C)c1. The predicted molar refractivity (Wildman–Crippen MR) is 77.8 cm³/mol. The predicted octanol–water partition coefficient (Wildman–Crippen LogP) is 2.84. The van der Waals surface area contributed by atoms with Crippen molar-refractivity contribution in [1.29, 1.82) is 0 Å². The molecular formula is C16H25NO2. The summed E-state index contributed by atoms with van der Waals surface area (Å²) in [6.45, 7) is 8.93. The van der Waals surface area contributed by atoms with Gasteiger partial charge in [0.25, 0.3) is 0 Å². The molecule has 2 unspecified atom stereocenters. The maximum atomic E-state index is 6.14. The number of ether oxygens (including phenoxy) is 2. The lowest BCUT2D eigenvalue weighted by molar-refractivity contribution is -0.0146. The van der Waals surface area contributed by atoms with Crippen LogP contribution in [0.5, 0.6) is 5.75 Å². The first-order valence-corrected chi connectivity index (χ1v) is 7.25. The summed E-state index contributed by atoms with van der Waals surface area (Å²) >= 11 is 0. The van der Waals surface area contributed by atoms with Crippen LogP contribution in [0.3, 0.4) is 0 Å². The Balaban J connectivity index is 2.01. The first kappa shape index (κ1) is 14.4. The lowest BCUT2D eigenvalue weighted by atomic mass is 10.1. The van der Waals surface area contributed by atoms with Gasteiger partial charge < -0.3 is 14.8 Å². The molecule has 1 aliphatic rings. The van der Waals surface area contributed by atoms with E-state index in [9.17, 15) is 0 Å². The summed E-state index contributed by atoms with van der Waals surface area (Å²) in [7, 11) is 0. The molecular weight excluding hydrogens is 238 g/mol. The fourth-order valence-corrected chi connectivity index (χ4v) is 2.57. The maximum Gasteiger partial charge on any atom is 0.137 e. The molecule has 0 saturated carbocycles. The summed E-state index contributed by atoms with van der Waals surface area (Å²) in [6.07, 6.45) is 2.28. The van der Waals surface area contributed by atoms with Crippen molar-refractivity contribution in [3.8, 4) is 5.75 Å². The topological polar surface area (TPSA) is 30.5 Å². The summed E-state index contributed by atoms with van der Waals surface area (Å²) in [5, 5.41) is 3.57. The minimum atomic E-state index is 0.112. The molecule has 1 fully saturated rings. The van der Waals surface area contributed by atoms with E-state index in [1.807, 2.05) is 0 Å². The van der Waals surface area contributed by atoms with E-state index in [2.05, 4.69) is 44.3 Å². The van der Waals surface area contributed by atoms with Crippen LogP contribution in [-0.2, 0) is 4.74 Å². The summed E-state index contributed by atoms with van der Waals surface area (Å²) in [5.74, 6) is 0.955. The van der Waals surface area contributed by atoms with Gasteiger partial charge in [-0.05, 0) is 56.5 Å². The van der Waals surface area contributed by atoms with Gasteiger partial charge in [-0.2, -0.15) is 0 Å². The minimum Gasteiger partial charge on any atom is -0.486 e. The van der Waals surface area contributed by atoms with Crippen LogP contribution in [0, 0.1) is 13.8 Å². The van der Waals surface area contributed by atoms with Crippen molar-refractivity contribution >= 4 is 0 Å². The van der Waals surface area contributed by atoms with Gasteiger partial charge in [0, 0.05) is 12.6 Å². The highest BCUT2D eigenvalue weighted by molar-refractivity contribution is 5.33. The summed E-state index contributed by atoms with van der Waals surface area (Å²) in [6, 6.07) is 6.75. The molecule has 2 rings (SSSR count). The van der Waals surface area contributed by atoms with Gasteiger partial charge in [0.15, 0.2) is 0 Å². The highest BCUT2D eigenvalue weighted by Crippen LogP contribution is 2.21. The van der Waals surface area contributed by atoms with Crippen molar-refractivity contribution in [1.82, 2.24) is 5.32 Å². The lowest BCUT2D eigenvalue weighted by Crippen LogP contribution is -2.49. The Bertz CT molecular complexity index is 385. The number of hydrogen-bond donors (Lipinski definition) is 1. The molecule has 2 atom stereocenters. The highest BCUT2D eigenvalue weighted by Gasteiger charge is 2.26. The van der Waals surface area contributed by atoms with Crippen LogP contribution in [0.25, 0.3) is 0 Å². The molecule has 0 radical (unpaired) electrons. The van der Waals surface area contributed by atoms with Crippen LogP contribution in [0.15, 0.2) is 18.2 Å². The number of nitrogens with one attached hydrogen (secondary N) is 1. The van der Waals surface area contributed by atoms with E-state index in [1.165, 1.54) is 11.1 Å². The van der Waals surface area contributed by atoms with E-state index >= 15 is 0 Å². The second kappa shape index (κ2) is 6.92. The Morgan fingerprint density at radius 1 is 1.26 bits per heavy atom. The third-order valence-electron chi connectivity index (χ3n) is 3.44. The van der Waals surface area contributed by atoms with Crippen molar-refractivity contribution in [2.45, 2.75) is 45.8 Å². The monoisotopic (exact) mass is 263 g/mol. The van der Waals surface area contributed by atoms with E-state index in [0.717, 1.165) is 31.7 Å². The van der Waals surface area contributed by atoms with Gasteiger partial charge in [-0.15, -0.1) is 0 Å². The zero-order valence-electron chi connectivity index (χ0n) is 12.2. The molecule has 0 spiro atoms. The number of hydrogen-bond acceptors (Lipinski definition) is 3. The van der Waals surface area contributed by atoms with Crippen LogP contribution in [-0.4, -0.2) is 31.9 Å². The molecule has 3 nitrogen and oxygen atoms in total. The van der Waals surface area contributed by atoms with Crippen molar-refractivity contribution in [2.24, 2.45) is 0 Å². The van der Waals surface area contributed by atoms with Gasteiger partial charge in [0.1, 0.15) is 11.9 Å². The summed E-state index contributed by atoms with van der Waals surface area (Å²) in [5.41, 5.74) is 2.48. The van der Waals surface area contributed by atoms with Gasteiger partial charge in [0.2, 0.25) is 0 Å². The van der Waals surface area contributed by atoms with Crippen molar-refractivity contribution in [3.63, 3.8) is 0 Å². The fraction of sp³-hybridized carbons (Fsp3) is 0.625. The zero-order valence-corrected chi connectivity index (χ0v) is 12.2. The van der Waals surface area contributed by atoms with Crippen LogP contribution >= 0.6 is 0 Å². The van der Waals surface area contributed by atoms with E-state index < -0.39 is 0 Å². The van der Waals surface area contributed by atoms with Crippen LogP contribution in [0.1, 0.15) is 30.9 Å². The fourth-order valence-electron chi connectivity index (χ4n) is 2.57. The van der Waals surface area contributed by atoms with Gasteiger partial charge in [0.05, 0.1) is 6.61 Å². The summed E-state index contributed by atoms with van der Waals surface area (Å²) < 4.78 is 11.7. The van der Waals surface area contributed by atoms with E-state index in [4.69, 9.17) is 9.47 Å². The van der Waals surface area contributed by atoms with Gasteiger partial charge >= 0.3 is 0 Å². The molecule has 1 aromatic rings. The van der Waals surface area contributed by atoms with Crippen LogP contribution < -0.4 is 10.1 Å². The average Bonchev–Trinajstić information content (AvgIpc) is 2.36. The number of benzene rings is 1. The maximum absolute atomic E-state index is 6.14. The quantitative estimate of drug-likeness (QED) is 0.886. The standard InChI is InChI=1S/C16H25NO2/c1-4-6-17-15-5-7-18-11-16(15)19-14-9-12(2)8-13(3)10-14/h8-10,15-17H,4-7,11H2,1-3H3.